The highest BCUT2D eigenvalue weighted by atomic mass is 19.4. The molecule has 90 valence electrons. The molecule has 8 heteroatoms. The van der Waals surface area contributed by atoms with Crippen LogP contribution in [0.2, 0.25) is 0 Å². The zero-order valence-corrected chi connectivity index (χ0v) is 8.44. The predicted octanol–water partition coefficient (Wildman–Crippen LogP) is 1.57. The quantitative estimate of drug-likeness (QED) is 0.620. The van der Waals surface area contributed by atoms with Crippen molar-refractivity contribution in [1.82, 2.24) is 14.8 Å². The van der Waals surface area contributed by atoms with Gasteiger partial charge in [-0.25, -0.2) is 15.5 Å². The van der Waals surface area contributed by atoms with Crippen LogP contribution < -0.4 is 11.3 Å². The van der Waals surface area contributed by atoms with E-state index in [1.165, 1.54) is 24.5 Å². The highest BCUT2D eigenvalue weighted by Gasteiger charge is 2.33. The van der Waals surface area contributed by atoms with E-state index in [9.17, 15) is 13.2 Å². The van der Waals surface area contributed by atoms with Crippen molar-refractivity contribution in [3.05, 3.63) is 36.3 Å². The van der Waals surface area contributed by atoms with Crippen molar-refractivity contribution in [3.8, 4) is 5.69 Å². The van der Waals surface area contributed by atoms with Gasteiger partial charge in [-0.2, -0.15) is 18.3 Å². The SMILES string of the molecule is NNc1cc(-n2ccc(C(F)(F)F)n2)ccn1. The molecule has 17 heavy (non-hydrogen) atoms. The summed E-state index contributed by atoms with van der Waals surface area (Å²) < 4.78 is 38.1. The van der Waals surface area contributed by atoms with E-state index in [0.29, 0.717) is 11.5 Å². The third kappa shape index (κ3) is 2.36. The smallest absolute Gasteiger partial charge is 0.308 e. The summed E-state index contributed by atoms with van der Waals surface area (Å²) in [4.78, 5) is 3.84. The van der Waals surface area contributed by atoms with Crippen LogP contribution in [0, 0.1) is 0 Å². The summed E-state index contributed by atoms with van der Waals surface area (Å²) in [5.74, 6) is 5.49. The van der Waals surface area contributed by atoms with E-state index < -0.39 is 11.9 Å². The summed E-state index contributed by atoms with van der Waals surface area (Å²) >= 11 is 0. The fraction of sp³-hybridized carbons (Fsp3) is 0.111. The molecule has 5 nitrogen and oxygen atoms in total. The highest BCUT2D eigenvalue weighted by Crippen LogP contribution is 2.27. The van der Waals surface area contributed by atoms with E-state index in [4.69, 9.17) is 5.84 Å². The fourth-order valence-electron chi connectivity index (χ4n) is 1.26. The van der Waals surface area contributed by atoms with Crippen molar-refractivity contribution >= 4 is 5.82 Å². The number of nitrogens with two attached hydrogens (primary N) is 1. The molecule has 0 saturated heterocycles. The summed E-state index contributed by atoms with van der Waals surface area (Å²) in [7, 11) is 0. The maximum Gasteiger partial charge on any atom is 0.435 e. The molecular formula is C9H8F3N5. The van der Waals surface area contributed by atoms with Gasteiger partial charge in [0.2, 0.25) is 0 Å². The van der Waals surface area contributed by atoms with E-state index in [0.717, 1.165) is 10.7 Å². The standard InChI is InChI=1S/C9H8F3N5/c10-9(11,12)7-2-4-17(16-7)6-1-3-14-8(5-6)15-13/h1-5H,13H2,(H,14,15). The van der Waals surface area contributed by atoms with Crippen LogP contribution in [0.25, 0.3) is 5.69 Å². The second kappa shape index (κ2) is 4.06. The lowest BCUT2D eigenvalue weighted by Gasteiger charge is -2.04. The molecule has 0 spiro atoms. The van der Waals surface area contributed by atoms with Crippen molar-refractivity contribution in [1.29, 1.82) is 0 Å². The Morgan fingerprint density at radius 2 is 2.06 bits per heavy atom. The Balaban J connectivity index is 2.37. The highest BCUT2D eigenvalue weighted by molar-refractivity contribution is 5.43. The molecule has 2 aromatic rings. The van der Waals surface area contributed by atoms with E-state index >= 15 is 0 Å². The normalized spacial score (nSPS) is 11.5. The summed E-state index contributed by atoms with van der Waals surface area (Å²) in [6.45, 7) is 0. The molecule has 3 N–H and O–H groups in total. The number of hydrogen-bond donors (Lipinski definition) is 2. The Labute approximate surface area is 94.0 Å². The molecule has 0 aliphatic heterocycles. The fourth-order valence-corrected chi connectivity index (χ4v) is 1.26. The van der Waals surface area contributed by atoms with Crippen molar-refractivity contribution in [2.45, 2.75) is 6.18 Å². The molecule has 0 amide bonds. The van der Waals surface area contributed by atoms with Crippen LogP contribution in [-0.4, -0.2) is 14.8 Å². The maximum atomic E-state index is 12.3. The minimum atomic E-state index is -4.45. The predicted molar refractivity (Wildman–Crippen MR) is 54.2 cm³/mol. The molecule has 2 rings (SSSR count). The van der Waals surface area contributed by atoms with Crippen LogP contribution in [0.1, 0.15) is 5.69 Å². The molecule has 2 heterocycles. The first-order valence-electron chi connectivity index (χ1n) is 4.56. The van der Waals surface area contributed by atoms with Crippen LogP contribution >= 0.6 is 0 Å². The van der Waals surface area contributed by atoms with Crippen LogP contribution in [0.3, 0.4) is 0 Å². The van der Waals surface area contributed by atoms with Gasteiger partial charge in [0.05, 0.1) is 5.69 Å². The third-order valence-electron chi connectivity index (χ3n) is 2.04. The molecule has 0 saturated carbocycles. The van der Waals surface area contributed by atoms with E-state index in [1.807, 2.05) is 0 Å². The largest absolute Gasteiger partial charge is 0.435 e. The van der Waals surface area contributed by atoms with Crippen molar-refractivity contribution in [2.75, 3.05) is 5.43 Å². The molecular weight excluding hydrogens is 235 g/mol. The average Bonchev–Trinajstić information content (AvgIpc) is 2.78. The number of hydrazine groups is 1. The minimum Gasteiger partial charge on any atom is -0.308 e. The topological polar surface area (TPSA) is 68.8 Å². The number of hydrogen-bond acceptors (Lipinski definition) is 4. The summed E-state index contributed by atoms with van der Waals surface area (Å²) in [5.41, 5.74) is 1.79. The zero-order valence-electron chi connectivity index (χ0n) is 8.44. The number of rotatable bonds is 2. The molecule has 0 aliphatic rings. The Kier molecular flexibility index (Phi) is 2.72. The van der Waals surface area contributed by atoms with E-state index in [1.54, 1.807) is 0 Å². The van der Waals surface area contributed by atoms with Gasteiger partial charge in [-0.15, -0.1) is 0 Å². The molecule has 2 aromatic heterocycles. The molecule has 0 radical (unpaired) electrons. The van der Waals surface area contributed by atoms with Gasteiger partial charge in [-0.05, 0) is 12.1 Å². The second-order valence-corrected chi connectivity index (χ2v) is 3.19. The minimum absolute atomic E-state index is 0.339. The van der Waals surface area contributed by atoms with Crippen molar-refractivity contribution in [2.24, 2.45) is 5.84 Å². The number of nitrogens with zero attached hydrogens (tertiary/aromatic N) is 3. The summed E-state index contributed by atoms with van der Waals surface area (Å²) in [5, 5.41) is 3.42. The molecule has 0 aromatic carbocycles. The van der Waals surface area contributed by atoms with Gasteiger partial charge in [0, 0.05) is 18.5 Å². The van der Waals surface area contributed by atoms with Crippen LogP contribution in [0.5, 0.6) is 0 Å². The Morgan fingerprint density at radius 1 is 1.29 bits per heavy atom. The van der Waals surface area contributed by atoms with Gasteiger partial charge in [0.1, 0.15) is 5.82 Å². The first-order valence-corrected chi connectivity index (χ1v) is 4.56. The van der Waals surface area contributed by atoms with Gasteiger partial charge in [0.25, 0.3) is 0 Å². The van der Waals surface area contributed by atoms with Crippen LogP contribution in [0.4, 0.5) is 19.0 Å². The number of aromatic nitrogens is 3. The van der Waals surface area contributed by atoms with Crippen molar-refractivity contribution < 1.29 is 13.2 Å². The third-order valence-corrected chi connectivity index (χ3v) is 2.04. The lowest BCUT2D eigenvalue weighted by molar-refractivity contribution is -0.141. The Bertz CT molecular complexity index is 519. The van der Waals surface area contributed by atoms with E-state index in [-0.39, 0.29) is 0 Å². The number of nitrogen functional groups attached to an aromatic ring is 1. The monoisotopic (exact) mass is 243 g/mol. The van der Waals surface area contributed by atoms with Gasteiger partial charge in [-0.3, -0.25) is 0 Å². The first kappa shape index (κ1) is 11.4. The van der Waals surface area contributed by atoms with Gasteiger partial charge in [-0.1, -0.05) is 0 Å². The Morgan fingerprint density at radius 3 is 2.65 bits per heavy atom. The average molecular weight is 243 g/mol. The number of nitrogens with one attached hydrogen (secondary N) is 1. The van der Waals surface area contributed by atoms with E-state index in [2.05, 4.69) is 15.5 Å². The van der Waals surface area contributed by atoms with Gasteiger partial charge >= 0.3 is 6.18 Å². The lowest BCUT2D eigenvalue weighted by atomic mass is 10.4. The van der Waals surface area contributed by atoms with Gasteiger partial charge < -0.3 is 5.43 Å². The molecule has 0 fully saturated rings. The number of alkyl halides is 3. The maximum absolute atomic E-state index is 12.3. The number of anilines is 1. The zero-order chi connectivity index (χ0) is 12.5. The molecule has 0 unspecified atom stereocenters. The van der Waals surface area contributed by atoms with Gasteiger partial charge in [0.15, 0.2) is 5.69 Å². The molecule has 0 bridgehead atoms. The Hall–Kier alpha value is -2.09. The molecule has 0 aliphatic carbocycles. The summed E-state index contributed by atoms with van der Waals surface area (Å²) in [6, 6.07) is 3.90. The van der Waals surface area contributed by atoms with Crippen LogP contribution in [-0.2, 0) is 6.18 Å². The summed E-state index contributed by atoms with van der Waals surface area (Å²) in [6.07, 6.45) is -1.81. The lowest BCUT2D eigenvalue weighted by Crippen LogP contribution is -2.10. The van der Waals surface area contributed by atoms with Crippen LogP contribution in [0.15, 0.2) is 30.6 Å². The number of halogens is 3. The molecule has 0 atom stereocenters. The van der Waals surface area contributed by atoms with Crippen molar-refractivity contribution in [3.63, 3.8) is 0 Å². The second-order valence-electron chi connectivity index (χ2n) is 3.19. The first-order chi connectivity index (χ1) is 8.00. The number of pyridine rings is 1.